The predicted octanol–water partition coefficient (Wildman–Crippen LogP) is 4.67. The average molecular weight is 628 g/mol. The minimum atomic E-state index is -1.12. The van der Waals surface area contributed by atoms with E-state index in [1.54, 1.807) is 38.1 Å². The van der Waals surface area contributed by atoms with Gasteiger partial charge >= 0.3 is 0 Å². The fraction of sp³-hybridized carbons (Fsp3) is 0.355. The predicted molar refractivity (Wildman–Crippen MR) is 167 cm³/mol. The molecule has 1 aliphatic rings. The number of likely N-dealkylation sites (N-methyl/N-ethyl adjacent to an activating group) is 1. The van der Waals surface area contributed by atoms with Gasteiger partial charge in [-0.3, -0.25) is 9.59 Å². The van der Waals surface area contributed by atoms with Gasteiger partial charge in [0, 0.05) is 87.7 Å². The first-order valence-corrected chi connectivity index (χ1v) is 14.4. The number of nitrogens with zero attached hydrogens (tertiary/aromatic N) is 4. The molecule has 4 rings (SSSR count). The SMILES string of the molecule is COCCN(C)/C(C)=C(\C(C)=N)c1ccc(-c2cnc(C(=O)Nc3ccc(C(=O)N4CCNCC4)c(Cl)c3)n2C)c(F)c1F. The van der Waals surface area contributed by atoms with Crippen LogP contribution in [0.1, 0.15) is 40.4 Å². The Labute approximate surface area is 260 Å². The lowest BCUT2D eigenvalue weighted by Crippen LogP contribution is -2.46. The number of carbonyl (C=O) groups excluding carboxylic acids is 2. The first kappa shape index (κ1) is 32.8. The van der Waals surface area contributed by atoms with Gasteiger partial charge in [0.25, 0.3) is 11.8 Å². The highest BCUT2D eigenvalue weighted by Crippen LogP contribution is 2.32. The number of allylic oxidation sites excluding steroid dienone is 2. The largest absolute Gasteiger partial charge is 0.383 e. The first-order chi connectivity index (χ1) is 21.0. The summed E-state index contributed by atoms with van der Waals surface area (Å²) in [6, 6.07) is 7.44. The summed E-state index contributed by atoms with van der Waals surface area (Å²) in [5.74, 6) is -3.07. The molecule has 234 valence electrons. The van der Waals surface area contributed by atoms with Crippen LogP contribution in [0.5, 0.6) is 0 Å². The second-order valence-electron chi connectivity index (χ2n) is 10.5. The number of benzene rings is 2. The molecule has 1 saturated heterocycles. The van der Waals surface area contributed by atoms with Crippen molar-refractivity contribution in [2.24, 2.45) is 7.05 Å². The van der Waals surface area contributed by atoms with Gasteiger partial charge in [-0.2, -0.15) is 0 Å². The maximum atomic E-state index is 15.6. The summed E-state index contributed by atoms with van der Waals surface area (Å²) in [5.41, 5.74) is 1.67. The smallest absolute Gasteiger partial charge is 0.291 e. The van der Waals surface area contributed by atoms with Gasteiger partial charge < -0.3 is 35.1 Å². The highest BCUT2D eigenvalue weighted by Gasteiger charge is 2.25. The van der Waals surface area contributed by atoms with Gasteiger partial charge in [-0.15, -0.1) is 0 Å². The third-order valence-corrected chi connectivity index (χ3v) is 7.93. The van der Waals surface area contributed by atoms with Crippen LogP contribution in [-0.4, -0.2) is 90.4 Å². The quantitative estimate of drug-likeness (QED) is 0.282. The Kier molecular flexibility index (Phi) is 10.5. The van der Waals surface area contributed by atoms with Crippen molar-refractivity contribution in [2.45, 2.75) is 13.8 Å². The number of anilines is 1. The summed E-state index contributed by atoms with van der Waals surface area (Å²) in [4.78, 5) is 33.6. The number of nitrogens with one attached hydrogen (secondary N) is 3. The Morgan fingerprint density at radius 1 is 1.14 bits per heavy atom. The molecular formula is C31H36ClF2N7O3. The van der Waals surface area contributed by atoms with Gasteiger partial charge in [-0.25, -0.2) is 13.8 Å². The lowest BCUT2D eigenvalue weighted by molar-refractivity contribution is 0.0736. The molecule has 0 bridgehead atoms. The Morgan fingerprint density at radius 2 is 1.82 bits per heavy atom. The van der Waals surface area contributed by atoms with Crippen molar-refractivity contribution in [3.8, 4) is 11.3 Å². The molecule has 44 heavy (non-hydrogen) atoms. The van der Waals surface area contributed by atoms with Gasteiger partial charge in [0.1, 0.15) is 0 Å². The Morgan fingerprint density at radius 3 is 2.45 bits per heavy atom. The molecule has 1 aliphatic heterocycles. The van der Waals surface area contributed by atoms with Crippen molar-refractivity contribution in [2.75, 3.05) is 58.8 Å². The van der Waals surface area contributed by atoms with Crippen LogP contribution >= 0.6 is 11.6 Å². The van der Waals surface area contributed by atoms with Crippen LogP contribution in [0.25, 0.3) is 16.8 Å². The van der Waals surface area contributed by atoms with E-state index in [-0.39, 0.29) is 44.9 Å². The highest BCUT2D eigenvalue weighted by atomic mass is 35.5. The van der Waals surface area contributed by atoms with E-state index < -0.39 is 17.5 Å². The van der Waals surface area contributed by atoms with Gasteiger partial charge in [0.05, 0.1) is 29.1 Å². The van der Waals surface area contributed by atoms with Crippen LogP contribution in [0.4, 0.5) is 14.5 Å². The molecule has 13 heteroatoms. The van der Waals surface area contributed by atoms with Crippen molar-refractivity contribution >= 4 is 40.4 Å². The summed E-state index contributed by atoms with van der Waals surface area (Å²) < 4.78 is 37.6. The van der Waals surface area contributed by atoms with E-state index >= 15 is 8.78 Å². The Hall–Kier alpha value is -4.13. The summed E-state index contributed by atoms with van der Waals surface area (Å²) >= 11 is 6.40. The van der Waals surface area contributed by atoms with Gasteiger partial charge in [0.2, 0.25) is 0 Å². The summed E-state index contributed by atoms with van der Waals surface area (Å²) in [5, 5.41) is 14.3. The lowest BCUT2D eigenvalue weighted by Gasteiger charge is -2.27. The Balaban J connectivity index is 1.57. The van der Waals surface area contributed by atoms with Gasteiger partial charge in [0.15, 0.2) is 17.5 Å². The second-order valence-corrected chi connectivity index (χ2v) is 10.9. The van der Waals surface area contributed by atoms with E-state index in [2.05, 4.69) is 15.6 Å². The number of carbonyl (C=O) groups is 2. The molecule has 0 unspecified atom stereocenters. The number of rotatable bonds is 10. The molecule has 2 heterocycles. The summed E-state index contributed by atoms with van der Waals surface area (Å²) in [7, 11) is 4.88. The van der Waals surface area contributed by atoms with E-state index in [0.29, 0.717) is 56.3 Å². The third-order valence-electron chi connectivity index (χ3n) is 7.62. The molecule has 1 fully saturated rings. The number of piperazine rings is 1. The molecule has 3 aromatic rings. The molecule has 0 saturated carbocycles. The van der Waals surface area contributed by atoms with E-state index in [1.807, 2.05) is 4.90 Å². The van der Waals surface area contributed by atoms with E-state index in [0.717, 1.165) is 0 Å². The monoisotopic (exact) mass is 627 g/mol. The molecule has 2 amide bonds. The minimum Gasteiger partial charge on any atom is -0.383 e. The van der Waals surface area contributed by atoms with Crippen molar-refractivity contribution < 1.29 is 23.1 Å². The van der Waals surface area contributed by atoms with Crippen molar-refractivity contribution in [1.29, 1.82) is 5.41 Å². The zero-order valence-electron chi connectivity index (χ0n) is 25.4. The number of halogens is 3. The fourth-order valence-corrected chi connectivity index (χ4v) is 5.32. The molecular weight excluding hydrogens is 592 g/mol. The van der Waals surface area contributed by atoms with Crippen molar-refractivity contribution in [1.82, 2.24) is 24.7 Å². The van der Waals surface area contributed by atoms with Crippen LogP contribution in [0.2, 0.25) is 5.02 Å². The van der Waals surface area contributed by atoms with Crippen LogP contribution in [0, 0.1) is 17.0 Å². The maximum absolute atomic E-state index is 15.6. The standard InChI is InChI=1S/C31H36ClF2N7O3/c1-18(35)26(19(2)39(3)14-15-44-5)23-9-8-22(27(33)28(23)34)25-17-37-29(40(25)4)30(42)38-20-6-7-21(24(32)16-20)31(43)41-12-10-36-11-13-41/h6-9,16-17,35-36H,10-15H2,1-5H3,(H,38,42)/b26-19+,35-18?. The Bertz CT molecular complexity index is 1620. The van der Waals surface area contributed by atoms with Gasteiger partial charge in [-0.1, -0.05) is 17.7 Å². The molecule has 0 atom stereocenters. The molecule has 1 aromatic heterocycles. The van der Waals surface area contributed by atoms with Crippen LogP contribution in [0.3, 0.4) is 0 Å². The molecule has 3 N–H and O–H groups in total. The summed E-state index contributed by atoms with van der Waals surface area (Å²) in [6.07, 6.45) is 1.29. The molecule has 0 spiro atoms. The number of amides is 2. The van der Waals surface area contributed by atoms with Gasteiger partial charge in [-0.05, 0) is 38.1 Å². The number of methoxy groups -OCH3 is 1. The number of imidazole rings is 1. The molecule has 0 aliphatic carbocycles. The zero-order chi connectivity index (χ0) is 32.1. The van der Waals surface area contributed by atoms with Crippen LogP contribution < -0.4 is 10.6 Å². The number of aromatic nitrogens is 2. The van der Waals surface area contributed by atoms with Crippen LogP contribution in [0.15, 0.2) is 42.2 Å². The molecule has 0 radical (unpaired) electrons. The summed E-state index contributed by atoms with van der Waals surface area (Å²) in [6.45, 7) is 6.76. The van der Waals surface area contributed by atoms with Crippen molar-refractivity contribution in [3.63, 3.8) is 0 Å². The molecule has 10 nitrogen and oxygen atoms in total. The number of hydrogen-bond donors (Lipinski definition) is 3. The van der Waals surface area contributed by atoms with E-state index in [4.69, 9.17) is 21.7 Å². The normalized spacial score (nSPS) is 13.9. The average Bonchev–Trinajstić information content (AvgIpc) is 3.39. The zero-order valence-corrected chi connectivity index (χ0v) is 26.1. The first-order valence-electron chi connectivity index (χ1n) is 14.0. The van der Waals surface area contributed by atoms with E-state index in [9.17, 15) is 9.59 Å². The lowest BCUT2D eigenvalue weighted by atomic mass is 9.96. The third kappa shape index (κ3) is 6.82. The highest BCUT2D eigenvalue weighted by molar-refractivity contribution is 6.34. The number of ether oxygens (including phenoxy) is 1. The second kappa shape index (κ2) is 14.1. The number of hydrogen-bond acceptors (Lipinski definition) is 7. The fourth-order valence-electron chi connectivity index (χ4n) is 5.06. The molecule has 2 aromatic carbocycles. The maximum Gasteiger partial charge on any atom is 0.291 e. The van der Waals surface area contributed by atoms with E-state index in [1.165, 1.54) is 42.9 Å². The van der Waals surface area contributed by atoms with Crippen LogP contribution in [-0.2, 0) is 11.8 Å². The van der Waals surface area contributed by atoms with Crippen molar-refractivity contribution in [3.05, 3.63) is 75.8 Å². The topological polar surface area (TPSA) is 116 Å². The minimum absolute atomic E-state index is 0.0450.